The number of nitrogens with one attached hydrogen (secondary N) is 1. The molecule has 0 fully saturated rings. The summed E-state index contributed by atoms with van der Waals surface area (Å²) in [4.78, 5) is 40.8. The molecule has 2 aromatic rings. The van der Waals surface area contributed by atoms with E-state index in [1.54, 1.807) is 31.2 Å². The number of benzene rings is 1. The lowest BCUT2D eigenvalue weighted by Crippen LogP contribution is -2.47. The standard InChI is InChI=1S/C22H24N2O4S/c1-14(21(26)24-13-20(25)23-16-9-6-7-10-17(16)24)28-22(27)19-12-15-8-4-2-3-5-11-18(15)29-19/h6-7,9-10,12,14H,2-5,8,11,13H2,1H3,(H,23,25)/t14-/m0/s1. The molecule has 7 heteroatoms. The second kappa shape index (κ2) is 8.37. The average molecular weight is 413 g/mol. The molecular weight excluding hydrogens is 388 g/mol. The van der Waals surface area contributed by atoms with Gasteiger partial charge in [0.2, 0.25) is 5.91 Å². The number of esters is 1. The fourth-order valence-corrected chi connectivity index (χ4v) is 5.00. The number of aryl methyl sites for hydroxylation is 2. The quantitative estimate of drug-likeness (QED) is 0.775. The fourth-order valence-electron chi connectivity index (χ4n) is 3.86. The summed E-state index contributed by atoms with van der Waals surface area (Å²) in [6.45, 7) is 1.46. The Balaban J connectivity index is 1.47. The van der Waals surface area contributed by atoms with Gasteiger partial charge in [0.15, 0.2) is 6.10 Å². The van der Waals surface area contributed by atoms with Gasteiger partial charge in [-0.2, -0.15) is 0 Å². The van der Waals surface area contributed by atoms with Crippen molar-refractivity contribution in [3.05, 3.63) is 45.6 Å². The van der Waals surface area contributed by atoms with Crippen LogP contribution in [0.3, 0.4) is 0 Å². The lowest BCUT2D eigenvalue weighted by atomic mass is 10.00. The maximum absolute atomic E-state index is 12.9. The van der Waals surface area contributed by atoms with Crippen molar-refractivity contribution in [3.8, 4) is 0 Å². The topological polar surface area (TPSA) is 75.7 Å². The van der Waals surface area contributed by atoms with E-state index in [4.69, 9.17) is 4.74 Å². The molecule has 1 aliphatic carbocycles. The molecule has 0 unspecified atom stereocenters. The third-order valence-corrected chi connectivity index (χ3v) is 6.58. The number of ether oxygens (including phenoxy) is 1. The van der Waals surface area contributed by atoms with Gasteiger partial charge in [-0.15, -0.1) is 11.3 Å². The summed E-state index contributed by atoms with van der Waals surface area (Å²) in [7, 11) is 0. The van der Waals surface area contributed by atoms with E-state index in [1.807, 2.05) is 6.07 Å². The van der Waals surface area contributed by atoms with Crippen LogP contribution >= 0.6 is 11.3 Å². The molecule has 1 atom stereocenters. The van der Waals surface area contributed by atoms with Crippen molar-refractivity contribution in [2.75, 3.05) is 16.8 Å². The molecule has 0 radical (unpaired) electrons. The number of para-hydroxylation sites is 2. The first-order chi connectivity index (χ1) is 14.0. The average Bonchev–Trinajstić information content (AvgIpc) is 3.08. The van der Waals surface area contributed by atoms with E-state index in [-0.39, 0.29) is 12.5 Å². The van der Waals surface area contributed by atoms with Gasteiger partial charge in [0.25, 0.3) is 5.91 Å². The smallest absolute Gasteiger partial charge is 0.349 e. The Hall–Kier alpha value is -2.67. The molecule has 1 aromatic heterocycles. The predicted octanol–water partition coefficient (Wildman–Crippen LogP) is 3.94. The minimum Gasteiger partial charge on any atom is -0.448 e. The van der Waals surface area contributed by atoms with Gasteiger partial charge in [-0.05, 0) is 56.4 Å². The number of amides is 2. The van der Waals surface area contributed by atoms with Crippen molar-refractivity contribution in [2.24, 2.45) is 0 Å². The monoisotopic (exact) mass is 412 g/mol. The summed E-state index contributed by atoms with van der Waals surface area (Å²) in [6.07, 6.45) is 5.76. The number of hydrogen-bond acceptors (Lipinski definition) is 5. The number of fused-ring (bicyclic) bond motifs is 2. The first kappa shape index (κ1) is 19.6. The number of thiophene rings is 1. The van der Waals surface area contributed by atoms with Crippen molar-refractivity contribution in [1.82, 2.24) is 0 Å². The van der Waals surface area contributed by atoms with Crippen LogP contribution in [-0.4, -0.2) is 30.4 Å². The Morgan fingerprint density at radius 2 is 1.90 bits per heavy atom. The zero-order chi connectivity index (χ0) is 20.4. The van der Waals surface area contributed by atoms with Gasteiger partial charge in [-0.1, -0.05) is 25.0 Å². The maximum atomic E-state index is 12.9. The van der Waals surface area contributed by atoms with Crippen LogP contribution in [0.15, 0.2) is 30.3 Å². The summed E-state index contributed by atoms with van der Waals surface area (Å²) in [5, 5.41) is 2.75. The van der Waals surface area contributed by atoms with Gasteiger partial charge in [0.05, 0.1) is 11.4 Å². The predicted molar refractivity (Wildman–Crippen MR) is 112 cm³/mol. The van der Waals surface area contributed by atoms with E-state index >= 15 is 0 Å². The number of carbonyl (C=O) groups is 3. The van der Waals surface area contributed by atoms with Crippen molar-refractivity contribution in [3.63, 3.8) is 0 Å². The van der Waals surface area contributed by atoms with E-state index in [0.717, 1.165) is 25.7 Å². The highest BCUT2D eigenvalue weighted by atomic mass is 32.1. The van der Waals surface area contributed by atoms with Crippen LogP contribution in [0.1, 0.15) is 52.7 Å². The van der Waals surface area contributed by atoms with E-state index in [0.29, 0.717) is 16.3 Å². The summed E-state index contributed by atoms with van der Waals surface area (Å²) in [5.41, 5.74) is 2.43. The van der Waals surface area contributed by atoms with Gasteiger partial charge in [0, 0.05) is 4.88 Å². The summed E-state index contributed by atoms with van der Waals surface area (Å²) >= 11 is 1.48. The third-order valence-electron chi connectivity index (χ3n) is 5.37. The van der Waals surface area contributed by atoms with Gasteiger partial charge < -0.3 is 10.1 Å². The maximum Gasteiger partial charge on any atom is 0.349 e. The molecule has 0 bridgehead atoms. The number of carbonyl (C=O) groups excluding carboxylic acids is 3. The van der Waals surface area contributed by atoms with E-state index in [1.165, 1.54) is 39.5 Å². The van der Waals surface area contributed by atoms with Crippen molar-refractivity contribution in [2.45, 2.75) is 51.6 Å². The summed E-state index contributed by atoms with van der Waals surface area (Å²) < 4.78 is 5.49. The summed E-state index contributed by atoms with van der Waals surface area (Å²) in [5.74, 6) is -1.15. The lowest BCUT2D eigenvalue weighted by Gasteiger charge is -2.30. The lowest BCUT2D eigenvalue weighted by molar-refractivity contribution is -0.128. The highest BCUT2D eigenvalue weighted by Gasteiger charge is 2.32. The van der Waals surface area contributed by atoms with Crippen molar-refractivity contribution in [1.29, 1.82) is 0 Å². The molecule has 2 heterocycles. The van der Waals surface area contributed by atoms with Crippen molar-refractivity contribution < 1.29 is 19.1 Å². The van der Waals surface area contributed by atoms with Gasteiger partial charge in [-0.25, -0.2) is 4.79 Å². The van der Waals surface area contributed by atoms with Crippen LogP contribution < -0.4 is 10.2 Å². The third kappa shape index (κ3) is 4.19. The van der Waals surface area contributed by atoms with Crippen molar-refractivity contribution >= 4 is 40.5 Å². The Bertz CT molecular complexity index is 927. The first-order valence-electron chi connectivity index (χ1n) is 10.1. The van der Waals surface area contributed by atoms with E-state index < -0.39 is 18.0 Å². The summed E-state index contributed by atoms with van der Waals surface area (Å²) in [6, 6.07) is 9.02. The van der Waals surface area contributed by atoms with Crippen LogP contribution in [0.2, 0.25) is 0 Å². The molecule has 0 saturated heterocycles. The molecule has 29 heavy (non-hydrogen) atoms. The molecular formula is C22H24N2O4S. The molecule has 1 N–H and O–H groups in total. The molecule has 6 nitrogen and oxygen atoms in total. The molecule has 0 saturated carbocycles. The van der Waals surface area contributed by atoms with Crippen LogP contribution in [0, 0.1) is 0 Å². The Morgan fingerprint density at radius 3 is 2.72 bits per heavy atom. The number of hydrogen-bond donors (Lipinski definition) is 1. The second-order valence-electron chi connectivity index (χ2n) is 7.51. The molecule has 2 amide bonds. The Labute approximate surface area is 173 Å². The zero-order valence-electron chi connectivity index (χ0n) is 16.4. The van der Waals surface area contributed by atoms with Gasteiger partial charge >= 0.3 is 5.97 Å². The van der Waals surface area contributed by atoms with E-state index in [9.17, 15) is 14.4 Å². The highest BCUT2D eigenvalue weighted by molar-refractivity contribution is 7.14. The van der Waals surface area contributed by atoms with Gasteiger partial charge in [-0.3, -0.25) is 14.5 Å². The minimum atomic E-state index is -0.980. The van der Waals surface area contributed by atoms with Crippen LogP contribution in [0.25, 0.3) is 0 Å². The van der Waals surface area contributed by atoms with Crippen LogP contribution in [0.4, 0.5) is 11.4 Å². The van der Waals surface area contributed by atoms with E-state index in [2.05, 4.69) is 5.32 Å². The Kier molecular flexibility index (Phi) is 5.67. The molecule has 0 spiro atoms. The molecule has 1 aromatic carbocycles. The molecule has 1 aliphatic heterocycles. The first-order valence-corrected chi connectivity index (χ1v) is 10.9. The normalized spacial score (nSPS) is 17.3. The number of rotatable bonds is 3. The molecule has 2 aliphatic rings. The zero-order valence-corrected chi connectivity index (χ0v) is 17.2. The fraction of sp³-hybridized carbons (Fsp3) is 0.409. The molecule has 4 rings (SSSR count). The number of nitrogens with zero attached hydrogens (tertiary/aromatic N) is 1. The molecule has 152 valence electrons. The minimum absolute atomic E-state index is 0.0922. The SMILES string of the molecule is C[C@H](OC(=O)c1cc2c(s1)CCCCCC2)C(=O)N1CC(=O)Nc2ccccc21. The largest absolute Gasteiger partial charge is 0.448 e. The van der Waals surface area contributed by atoms with Crippen LogP contribution in [0.5, 0.6) is 0 Å². The Morgan fingerprint density at radius 1 is 1.14 bits per heavy atom. The van der Waals surface area contributed by atoms with Gasteiger partial charge in [0.1, 0.15) is 11.4 Å². The second-order valence-corrected chi connectivity index (χ2v) is 8.65. The van der Waals surface area contributed by atoms with Crippen LogP contribution in [-0.2, 0) is 27.2 Å². The highest BCUT2D eigenvalue weighted by Crippen LogP contribution is 2.31. The number of anilines is 2.